The van der Waals surface area contributed by atoms with Crippen LogP contribution in [0.5, 0.6) is 0 Å². The molecule has 176 valence electrons. The van der Waals surface area contributed by atoms with Crippen molar-refractivity contribution in [3.05, 3.63) is 40.7 Å². The summed E-state index contributed by atoms with van der Waals surface area (Å²) >= 11 is 1.63. The van der Waals surface area contributed by atoms with Crippen LogP contribution >= 0.6 is 11.8 Å². The molecule has 1 fully saturated rings. The molecule has 3 amide bonds. The smallest absolute Gasteiger partial charge is 0.261 e. The van der Waals surface area contributed by atoms with Crippen molar-refractivity contribution in [2.45, 2.75) is 69.5 Å². The Hall–Kier alpha value is -2.68. The summed E-state index contributed by atoms with van der Waals surface area (Å²) in [6.07, 6.45) is 9.21. The number of carbonyl (C=O) groups excluding carboxylic acids is 3. The molecule has 9 heteroatoms. The van der Waals surface area contributed by atoms with Crippen molar-refractivity contribution in [1.82, 2.24) is 25.0 Å². The molecule has 2 aromatic rings. The average molecular weight is 470 g/mol. The highest BCUT2D eigenvalue weighted by Crippen LogP contribution is 2.33. The van der Waals surface area contributed by atoms with Gasteiger partial charge in [0.1, 0.15) is 5.82 Å². The molecule has 1 aliphatic heterocycles. The summed E-state index contributed by atoms with van der Waals surface area (Å²) in [7, 11) is 0. The van der Waals surface area contributed by atoms with E-state index in [1.54, 1.807) is 23.9 Å². The largest absolute Gasteiger partial charge is 0.356 e. The molecule has 0 spiro atoms. The van der Waals surface area contributed by atoms with Gasteiger partial charge in [-0.05, 0) is 51.0 Å². The lowest BCUT2D eigenvalue weighted by atomic mass is 10.1. The van der Waals surface area contributed by atoms with Crippen molar-refractivity contribution in [2.24, 2.45) is 0 Å². The fourth-order valence-corrected chi connectivity index (χ4v) is 5.29. The predicted octanol–water partition coefficient (Wildman–Crippen LogP) is 3.55. The predicted molar refractivity (Wildman–Crippen MR) is 126 cm³/mol. The Morgan fingerprint density at radius 1 is 1.12 bits per heavy atom. The number of hydrogen-bond donors (Lipinski definition) is 1. The molecular weight excluding hydrogens is 438 g/mol. The molecule has 33 heavy (non-hydrogen) atoms. The van der Waals surface area contributed by atoms with Crippen LogP contribution in [0.25, 0.3) is 0 Å². The molecule has 0 atom stereocenters. The van der Waals surface area contributed by atoms with Crippen molar-refractivity contribution in [3.8, 4) is 0 Å². The third-order valence-electron chi connectivity index (χ3n) is 6.42. The molecule has 2 heterocycles. The van der Waals surface area contributed by atoms with E-state index < -0.39 is 0 Å². The Balaban J connectivity index is 1.19. The maximum absolute atomic E-state index is 12.5. The van der Waals surface area contributed by atoms with E-state index in [0.717, 1.165) is 29.4 Å². The van der Waals surface area contributed by atoms with E-state index in [9.17, 15) is 14.4 Å². The van der Waals surface area contributed by atoms with E-state index in [2.05, 4.69) is 20.1 Å². The molecule has 4 rings (SSSR count). The van der Waals surface area contributed by atoms with Gasteiger partial charge in [0.05, 0.1) is 11.1 Å². The van der Waals surface area contributed by atoms with E-state index in [1.165, 1.54) is 30.6 Å². The summed E-state index contributed by atoms with van der Waals surface area (Å²) in [5.74, 6) is 0.396. The average Bonchev–Trinajstić information content (AvgIpc) is 3.52. The Kier molecular flexibility index (Phi) is 7.47. The van der Waals surface area contributed by atoms with Crippen molar-refractivity contribution in [2.75, 3.05) is 19.3 Å². The minimum atomic E-state index is -0.272. The lowest BCUT2D eigenvalue weighted by molar-refractivity contribution is -0.121. The first-order valence-corrected chi connectivity index (χ1v) is 12.9. The SMILES string of the molecule is CSc1nnc(CCCNC(=O)CCCN2C(=O)c3ccc(C)cc3C2=O)n1C1CCCC1. The first kappa shape index (κ1) is 23.5. The number of rotatable bonds is 10. The maximum Gasteiger partial charge on any atom is 0.261 e. The van der Waals surface area contributed by atoms with E-state index >= 15 is 0 Å². The standard InChI is InChI=1S/C24H31N5O3S/c1-16-11-12-18-19(15-16)23(32)28(22(18)31)14-6-10-21(30)25-13-5-9-20-26-27-24(33-2)29(20)17-7-3-4-8-17/h11-12,15,17H,3-10,13-14H2,1-2H3,(H,25,30). The Labute approximate surface area is 198 Å². The number of aromatic nitrogens is 3. The molecule has 0 radical (unpaired) electrons. The monoisotopic (exact) mass is 469 g/mol. The second-order valence-corrected chi connectivity index (χ2v) is 9.55. The summed E-state index contributed by atoms with van der Waals surface area (Å²) in [5.41, 5.74) is 1.85. The van der Waals surface area contributed by atoms with Crippen LogP contribution < -0.4 is 5.32 Å². The normalized spacial score (nSPS) is 16.0. The summed E-state index contributed by atoms with van der Waals surface area (Å²) in [5, 5.41) is 12.6. The third-order valence-corrected chi connectivity index (χ3v) is 7.06. The van der Waals surface area contributed by atoms with Gasteiger partial charge in [-0.2, -0.15) is 0 Å². The zero-order valence-electron chi connectivity index (χ0n) is 19.3. The molecule has 1 aliphatic carbocycles. The lowest BCUT2D eigenvalue weighted by Crippen LogP contribution is -2.32. The zero-order chi connectivity index (χ0) is 23.4. The first-order valence-electron chi connectivity index (χ1n) is 11.7. The molecule has 1 aromatic heterocycles. The zero-order valence-corrected chi connectivity index (χ0v) is 20.1. The number of carbonyl (C=O) groups is 3. The lowest BCUT2D eigenvalue weighted by Gasteiger charge is -2.16. The Morgan fingerprint density at radius 2 is 1.88 bits per heavy atom. The van der Waals surface area contributed by atoms with Gasteiger partial charge in [-0.1, -0.05) is 36.2 Å². The molecule has 1 N–H and O–H groups in total. The quantitative estimate of drug-likeness (QED) is 0.325. The number of thioether (sulfide) groups is 1. The summed E-state index contributed by atoms with van der Waals surface area (Å²) in [4.78, 5) is 38.5. The van der Waals surface area contributed by atoms with Crippen LogP contribution in [0.2, 0.25) is 0 Å². The van der Waals surface area contributed by atoms with Gasteiger partial charge in [-0.15, -0.1) is 10.2 Å². The molecule has 2 aliphatic rings. The van der Waals surface area contributed by atoms with Gasteiger partial charge in [-0.3, -0.25) is 19.3 Å². The minimum absolute atomic E-state index is 0.0653. The molecule has 1 aromatic carbocycles. The topological polar surface area (TPSA) is 97.2 Å². The fourth-order valence-electron chi connectivity index (χ4n) is 4.71. The number of nitrogens with zero attached hydrogens (tertiary/aromatic N) is 4. The number of fused-ring (bicyclic) bond motifs is 1. The van der Waals surface area contributed by atoms with E-state index in [0.29, 0.717) is 30.1 Å². The number of aryl methyl sites for hydroxylation is 2. The van der Waals surface area contributed by atoms with Crippen LogP contribution in [0.1, 0.15) is 83.1 Å². The van der Waals surface area contributed by atoms with Crippen molar-refractivity contribution in [1.29, 1.82) is 0 Å². The number of imide groups is 1. The Morgan fingerprint density at radius 3 is 2.64 bits per heavy atom. The third kappa shape index (κ3) is 5.13. The summed E-state index contributed by atoms with van der Waals surface area (Å²) < 4.78 is 2.29. The summed E-state index contributed by atoms with van der Waals surface area (Å²) in [6, 6.07) is 5.78. The first-order chi connectivity index (χ1) is 16.0. The van der Waals surface area contributed by atoms with Gasteiger partial charge < -0.3 is 9.88 Å². The molecule has 0 saturated heterocycles. The van der Waals surface area contributed by atoms with E-state index in [-0.39, 0.29) is 30.7 Å². The minimum Gasteiger partial charge on any atom is -0.356 e. The van der Waals surface area contributed by atoms with Crippen molar-refractivity contribution in [3.63, 3.8) is 0 Å². The van der Waals surface area contributed by atoms with Gasteiger partial charge in [0, 0.05) is 32.0 Å². The van der Waals surface area contributed by atoms with Crippen LogP contribution in [-0.4, -0.2) is 56.7 Å². The second kappa shape index (κ2) is 10.5. The highest BCUT2D eigenvalue weighted by atomic mass is 32.2. The van der Waals surface area contributed by atoms with Crippen molar-refractivity contribution >= 4 is 29.5 Å². The molecule has 1 saturated carbocycles. The van der Waals surface area contributed by atoms with Gasteiger partial charge in [-0.25, -0.2) is 0 Å². The van der Waals surface area contributed by atoms with Crippen LogP contribution in [0.4, 0.5) is 0 Å². The highest BCUT2D eigenvalue weighted by molar-refractivity contribution is 7.98. The van der Waals surface area contributed by atoms with Crippen molar-refractivity contribution < 1.29 is 14.4 Å². The van der Waals surface area contributed by atoms with Gasteiger partial charge in [0.2, 0.25) is 5.91 Å². The summed E-state index contributed by atoms with van der Waals surface area (Å²) in [6.45, 7) is 2.71. The van der Waals surface area contributed by atoms with Crippen LogP contribution in [0.3, 0.4) is 0 Å². The Bertz CT molecular complexity index is 1040. The number of benzene rings is 1. The molecule has 8 nitrogen and oxygen atoms in total. The molecule has 0 unspecified atom stereocenters. The van der Waals surface area contributed by atoms with Crippen LogP contribution in [0.15, 0.2) is 23.4 Å². The number of nitrogens with one attached hydrogen (secondary N) is 1. The maximum atomic E-state index is 12.5. The van der Waals surface area contributed by atoms with Gasteiger partial charge in [0.25, 0.3) is 11.8 Å². The molecule has 0 bridgehead atoms. The molecular formula is C24H31N5O3S. The van der Waals surface area contributed by atoms with E-state index in [4.69, 9.17) is 0 Å². The number of amides is 3. The second-order valence-electron chi connectivity index (χ2n) is 8.78. The van der Waals surface area contributed by atoms with Gasteiger partial charge in [0.15, 0.2) is 5.16 Å². The fraction of sp³-hybridized carbons (Fsp3) is 0.542. The van der Waals surface area contributed by atoms with E-state index in [1.807, 2.05) is 19.2 Å². The van der Waals surface area contributed by atoms with Crippen LogP contribution in [-0.2, 0) is 11.2 Å². The highest BCUT2D eigenvalue weighted by Gasteiger charge is 2.35. The van der Waals surface area contributed by atoms with Crippen LogP contribution in [0, 0.1) is 6.92 Å². The number of hydrogen-bond acceptors (Lipinski definition) is 6. The van der Waals surface area contributed by atoms with Gasteiger partial charge >= 0.3 is 0 Å².